The van der Waals surface area contributed by atoms with Crippen molar-refractivity contribution < 1.29 is 18.7 Å². The van der Waals surface area contributed by atoms with Gasteiger partial charge in [0, 0.05) is 5.56 Å². The summed E-state index contributed by atoms with van der Waals surface area (Å²) in [7, 11) is 0. The molecule has 0 aliphatic heterocycles. The number of aliphatic hydroxyl groups is 1. The van der Waals surface area contributed by atoms with E-state index in [1.807, 2.05) is 25.1 Å². The number of hydrogen-bond donors (Lipinski definition) is 2. The highest BCUT2D eigenvalue weighted by Gasteiger charge is 2.22. The summed E-state index contributed by atoms with van der Waals surface area (Å²) >= 11 is 0. The third kappa shape index (κ3) is 3.93. The average Bonchev–Trinajstić information content (AvgIpc) is 2.75. The van der Waals surface area contributed by atoms with Crippen LogP contribution < -0.4 is 5.32 Å². The summed E-state index contributed by atoms with van der Waals surface area (Å²) in [5.74, 6) is -1.89. The van der Waals surface area contributed by atoms with Gasteiger partial charge in [0.1, 0.15) is 0 Å². The van der Waals surface area contributed by atoms with Gasteiger partial charge in [0.2, 0.25) is 5.91 Å². The van der Waals surface area contributed by atoms with Gasteiger partial charge in [-0.25, -0.2) is 18.7 Å². The second-order valence-electron chi connectivity index (χ2n) is 7.29. The molecule has 0 spiro atoms. The molecule has 154 valence electrons. The molecule has 0 bridgehead atoms. The number of nitrogens with one attached hydrogen (secondary N) is 1. The molecule has 4 rings (SSSR count). The molecule has 1 heterocycles. The van der Waals surface area contributed by atoms with Gasteiger partial charge in [0.15, 0.2) is 17.5 Å². The molecule has 1 amide bonds. The lowest BCUT2D eigenvalue weighted by atomic mass is 9.90. The van der Waals surface area contributed by atoms with Gasteiger partial charge in [-0.1, -0.05) is 31.2 Å². The van der Waals surface area contributed by atoms with E-state index in [9.17, 15) is 18.7 Å². The van der Waals surface area contributed by atoms with Crippen molar-refractivity contribution in [1.29, 1.82) is 0 Å². The first-order valence-corrected chi connectivity index (χ1v) is 9.85. The number of halogens is 2. The quantitative estimate of drug-likeness (QED) is 0.673. The highest BCUT2D eigenvalue weighted by Crippen LogP contribution is 2.33. The minimum absolute atomic E-state index is 0.00501. The Labute approximate surface area is 172 Å². The first-order chi connectivity index (χ1) is 14.5. The third-order valence-electron chi connectivity index (χ3n) is 5.22. The standard InChI is InChI=1S/C23H21F2N3O2/c1-2-19-23(28-21(30)11-13-4-7-17(24)18(25)10-13)27-20-8-5-15-9-14(12-29)3-6-16(15)22(20)26-19/h3-4,6-7,9-10,29H,2,5,8,11-12H2,1H3,(H,27,28,30). The first kappa shape index (κ1) is 20.1. The number of aliphatic hydroxyl groups excluding tert-OH is 1. The van der Waals surface area contributed by atoms with Crippen LogP contribution in [0.3, 0.4) is 0 Å². The second kappa shape index (κ2) is 8.28. The molecule has 0 unspecified atom stereocenters. The zero-order valence-electron chi connectivity index (χ0n) is 16.5. The van der Waals surface area contributed by atoms with E-state index < -0.39 is 11.6 Å². The average molecular weight is 409 g/mol. The first-order valence-electron chi connectivity index (χ1n) is 9.85. The van der Waals surface area contributed by atoms with Crippen molar-refractivity contribution in [2.45, 2.75) is 39.2 Å². The molecule has 0 radical (unpaired) electrons. The number of carbonyl (C=O) groups is 1. The molecule has 2 aromatic carbocycles. The monoisotopic (exact) mass is 409 g/mol. The summed E-state index contributed by atoms with van der Waals surface area (Å²) in [6.07, 6.45) is 1.94. The van der Waals surface area contributed by atoms with Crippen LogP contribution >= 0.6 is 0 Å². The van der Waals surface area contributed by atoms with Crippen LogP contribution in [0.1, 0.15) is 35.0 Å². The maximum absolute atomic E-state index is 13.4. The number of aromatic nitrogens is 2. The van der Waals surface area contributed by atoms with Crippen LogP contribution in [0.2, 0.25) is 0 Å². The van der Waals surface area contributed by atoms with E-state index >= 15 is 0 Å². The Morgan fingerprint density at radius 3 is 2.60 bits per heavy atom. The Hall–Kier alpha value is -3.19. The molecule has 0 saturated carbocycles. The van der Waals surface area contributed by atoms with E-state index in [-0.39, 0.29) is 18.9 Å². The van der Waals surface area contributed by atoms with Gasteiger partial charge < -0.3 is 10.4 Å². The Morgan fingerprint density at radius 1 is 1.07 bits per heavy atom. The summed E-state index contributed by atoms with van der Waals surface area (Å²) in [5, 5.41) is 12.1. The van der Waals surface area contributed by atoms with Crippen LogP contribution in [-0.4, -0.2) is 21.0 Å². The molecule has 30 heavy (non-hydrogen) atoms. The molecule has 5 nitrogen and oxygen atoms in total. The minimum atomic E-state index is -0.980. The highest BCUT2D eigenvalue weighted by molar-refractivity contribution is 5.92. The Kier molecular flexibility index (Phi) is 5.55. The number of anilines is 1. The topological polar surface area (TPSA) is 75.1 Å². The second-order valence-corrected chi connectivity index (χ2v) is 7.29. The molecule has 1 aliphatic carbocycles. The van der Waals surface area contributed by atoms with Crippen molar-refractivity contribution in [2.24, 2.45) is 0 Å². The summed E-state index contributed by atoms with van der Waals surface area (Å²) in [5.41, 5.74) is 5.63. The van der Waals surface area contributed by atoms with E-state index in [0.717, 1.165) is 46.6 Å². The number of aryl methyl sites for hydroxylation is 3. The Bertz CT molecular complexity index is 1130. The van der Waals surface area contributed by atoms with Crippen molar-refractivity contribution in [3.05, 3.63) is 76.1 Å². The number of nitrogens with zero attached hydrogens (tertiary/aromatic N) is 2. The van der Waals surface area contributed by atoms with E-state index in [2.05, 4.69) is 10.3 Å². The predicted molar refractivity (Wildman–Crippen MR) is 109 cm³/mol. The lowest BCUT2D eigenvalue weighted by Crippen LogP contribution is -2.19. The van der Waals surface area contributed by atoms with E-state index in [4.69, 9.17) is 4.98 Å². The van der Waals surface area contributed by atoms with Crippen LogP contribution in [0.4, 0.5) is 14.6 Å². The molecule has 0 saturated heterocycles. The third-order valence-corrected chi connectivity index (χ3v) is 5.22. The Morgan fingerprint density at radius 2 is 1.87 bits per heavy atom. The number of hydrogen-bond acceptors (Lipinski definition) is 4. The zero-order chi connectivity index (χ0) is 21.3. The van der Waals surface area contributed by atoms with Crippen molar-refractivity contribution in [2.75, 3.05) is 5.32 Å². The number of carbonyl (C=O) groups excluding carboxylic acids is 1. The van der Waals surface area contributed by atoms with Crippen LogP contribution in [0, 0.1) is 11.6 Å². The van der Waals surface area contributed by atoms with Gasteiger partial charge in [-0.2, -0.15) is 0 Å². The van der Waals surface area contributed by atoms with Gasteiger partial charge >= 0.3 is 0 Å². The summed E-state index contributed by atoms with van der Waals surface area (Å²) < 4.78 is 26.5. The minimum Gasteiger partial charge on any atom is -0.392 e. The molecule has 0 fully saturated rings. The van der Waals surface area contributed by atoms with E-state index in [1.165, 1.54) is 6.07 Å². The van der Waals surface area contributed by atoms with Crippen molar-refractivity contribution >= 4 is 11.7 Å². The molecule has 3 aromatic rings. The highest BCUT2D eigenvalue weighted by atomic mass is 19.2. The fourth-order valence-electron chi connectivity index (χ4n) is 3.69. The van der Waals surface area contributed by atoms with Gasteiger partial charge in [-0.3, -0.25) is 4.79 Å². The van der Waals surface area contributed by atoms with Crippen LogP contribution in [0.5, 0.6) is 0 Å². The van der Waals surface area contributed by atoms with Gasteiger partial charge in [0.25, 0.3) is 0 Å². The zero-order valence-corrected chi connectivity index (χ0v) is 16.5. The van der Waals surface area contributed by atoms with E-state index in [0.29, 0.717) is 29.9 Å². The van der Waals surface area contributed by atoms with E-state index in [1.54, 1.807) is 0 Å². The van der Waals surface area contributed by atoms with Gasteiger partial charge in [-0.05, 0) is 48.1 Å². The van der Waals surface area contributed by atoms with Crippen molar-refractivity contribution in [3.63, 3.8) is 0 Å². The van der Waals surface area contributed by atoms with Gasteiger partial charge in [0.05, 0.1) is 30.1 Å². The molecular formula is C23H21F2N3O2. The normalized spacial score (nSPS) is 12.3. The fourth-order valence-corrected chi connectivity index (χ4v) is 3.69. The maximum atomic E-state index is 13.4. The van der Waals surface area contributed by atoms with Crippen LogP contribution in [0.15, 0.2) is 36.4 Å². The molecule has 1 aromatic heterocycles. The number of fused-ring (bicyclic) bond motifs is 3. The molecule has 2 N–H and O–H groups in total. The molecular weight excluding hydrogens is 388 g/mol. The SMILES string of the molecule is CCc1nc2c(nc1NC(=O)Cc1ccc(F)c(F)c1)CCc1cc(CO)ccc1-2. The molecule has 1 aliphatic rings. The molecule has 7 heteroatoms. The van der Waals surface area contributed by atoms with Crippen LogP contribution in [0.25, 0.3) is 11.3 Å². The number of rotatable bonds is 5. The van der Waals surface area contributed by atoms with Crippen LogP contribution in [-0.2, 0) is 37.1 Å². The van der Waals surface area contributed by atoms with Gasteiger partial charge in [-0.15, -0.1) is 0 Å². The molecule has 0 atom stereocenters. The summed E-state index contributed by atoms with van der Waals surface area (Å²) in [6.45, 7) is 1.93. The van der Waals surface area contributed by atoms with Crippen molar-refractivity contribution in [1.82, 2.24) is 9.97 Å². The lowest BCUT2D eigenvalue weighted by Gasteiger charge is -2.21. The Balaban J connectivity index is 1.60. The largest absolute Gasteiger partial charge is 0.392 e. The fraction of sp³-hybridized carbons (Fsp3) is 0.261. The summed E-state index contributed by atoms with van der Waals surface area (Å²) in [6, 6.07) is 9.23. The number of benzene rings is 2. The number of amides is 1. The van der Waals surface area contributed by atoms with Crippen molar-refractivity contribution in [3.8, 4) is 11.3 Å². The maximum Gasteiger partial charge on any atom is 0.229 e. The summed E-state index contributed by atoms with van der Waals surface area (Å²) in [4.78, 5) is 21.9. The lowest BCUT2D eigenvalue weighted by molar-refractivity contribution is -0.115. The predicted octanol–water partition coefficient (Wildman–Crippen LogP) is 3.76. The smallest absolute Gasteiger partial charge is 0.229 e.